The molecule has 0 radical (unpaired) electrons. The molecule has 1 aliphatic carbocycles. The molecule has 128 valence electrons. The number of hydrogen-bond acceptors (Lipinski definition) is 4. The van der Waals surface area contributed by atoms with Crippen molar-refractivity contribution in [2.24, 2.45) is 0 Å². The van der Waals surface area contributed by atoms with E-state index in [2.05, 4.69) is 15.0 Å². The van der Waals surface area contributed by atoms with E-state index < -0.39 is 0 Å². The van der Waals surface area contributed by atoms with Gasteiger partial charge in [-0.15, -0.1) is 0 Å². The topological polar surface area (TPSA) is 60.0 Å². The van der Waals surface area contributed by atoms with E-state index >= 15 is 0 Å². The number of hydrogen-bond donors (Lipinski definition) is 1. The minimum Gasteiger partial charge on any atom is -0.493 e. The molecule has 1 fully saturated rings. The molecule has 1 aromatic carbocycles. The van der Waals surface area contributed by atoms with Gasteiger partial charge in [0.1, 0.15) is 5.82 Å². The van der Waals surface area contributed by atoms with Crippen LogP contribution < -0.4 is 9.47 Å². The molecule has 1 N–H and O–H groups in total. The van der Waals surface area contributed by atoms with Gasteiger partial charge in [0.05, 0.1) is 18.7 Å². The van der Waals surface area contributed by atoms with Gasteiger partial charge in [-0.25, -0.2) is 9.97 Å². The van der Waals surface area contributed by atoms with Gasteiger partial charge in [0.2, 0.25) is 0 Å². The van der Waals surface area contributed by atoms with Crippen molar-refractivity contribution in [1.82, 2.24) is 15.0 Å². The molecule has 2 heterocycles. The highest BCUT2D eigenvalue weighted by molar-refractivity contribution is 5.75. The maximum atomic E-state index is 6.15. The summed E-state index contributed by atoms with van der Waals surface area (Å²) in [5.41, 5.74) is 2.70. The maximum absolute atomic E-state index is 6.15. The first-order chi connectivity index (χ1) is 12.3. The van der Waals surface area contributed by atoms with Crippen LogP contribution in [0, 0.1) is 0 Å². The van der Waals surface area contributed by atoms with Gasteiger partial charge in [-0.1, -0.05) is 12.1 Å². The first-order valence-electron chi connectivity index (χ1n) is 8.65. The van der Waals surface area contributed by atoms with Crippen molar-refractivity contribution in [3.8, 4) is 11.5 Å². The predicted molar refractivity (Wildman–Crippen MR) is 98.7 cm³/mol. The highest BCUT2D eigenvalue weighted by atomic mass is 16.5. The van der Waals surface area contributed by atoms with Gasteiger partial charge in [0.15, 0.2) is 17.1 Å². The molecule has 2 aromatic heterocycles. The summed E-state index contributed by atoms with van der Waals surface area (Å²) in [6.45, 7) is 0. The van der Waals surface area contributed by atoms with E-state index in [4.69, 9.17) is 9.47 Å². The smallest absolute Gasteiger partial charge is 0.178 e. The van der Waals surface area contributed by atoms with E-state index in [9.17, 15) is 0 Å². The Kier molecular flexibility index (Phi) is 4.37. The number of nitrogens with zero attached hydrogens (tertiary/aromatic N) is 2. The minimum absolute atomic E-state index is 0.301. The largest absolute Gasteiger partial charge is 0.493 e. The van der Waals surface area contributed by atoms with Crippen LogP contribution in [0.25, 0.3) is 23.3 Å². The fourth-order valence-electron chi connectivity index (χ4n) is 3.19. The first-order valence-corrected chi connectivity index (χ1v) is 8.65. The molecule has 0 saturated heterocycles. The maximum Gasteiger partial charge on any atom is 0.178 e. The van der Waals surface area contributed by atoms with Crippen molar-refractivity contribution in [1.29, 1.82) is 0 Å². The summed E-state index contributed by atoms with van der Waals surface area (Å²) < 4.78 is 11.6. The number of methoxy groups -OCH3 is 1. The number of aromatic amines is 1. The lowest BCUT2D eigenvalue weighted by atomic mass is 10.2. The lowest BCUT2D eigenvalue weighted by Crippen LogP contribution is -2.11. The molecule has 3 aromatic rings. The second kappa shape index (κ2) is 6.97. The number of aromatic nitrogens is 3. The summed E-state index contributed by atoms with van der Waals surface area (Å²) in [7, 11) is 1.67. The van der Waals surface area contributed by atoms with Crippen molar-refractivity contribution in [3.63, 3.8) is 0 Å². The molecule has 5 heteroatoms. The van der Waals surface area contributed by atoms with Crippen LogP contribution in [-0.2, 0) is 0 Å². The van der Waals surface area contributed by atoms with Gasteiger partial charge < -0.3 is 14.5 Å². The van der Waals surface area contributed by atoms with Crippen molar-refractivity contribution in [2.45, 2.75) is 31.8 Å². The van der Waals surface area contributed by atoms with E-state index in [1.165, 1.54) is 12.8 Å². The average molecular weight is 335 g/mol. The third-order valence-electron chi connectivity index (χ3n) is 4.49. The van der Waals surface area contributed by atoms with Crippen LogP contribution in [0.1, 0.15) is 37.1 Å². The monoisotopic (exact) mass is 335 g/mol. The molecular formula is C20H21N3O2. The van der Waals surface area contributed by atoms with E-state index in [0.717, 1.165) is 46.9 Å². The Morgan fingerprint density at radius 1 is 1.12 bits per heavy atom. The molecule has 0 unspecified atom stereocenters. The number of rotatable bonds is 5. The number of ether oxygens (including phenoxy) is 2. The number of H-pyrrole nitrogens is 1. The minimum atomic E-state index is 0.301. The molecular weight excluding hydrogens is 314 g/mol. The van der Waals surface area contributed by atoms with Crippen LogP contribution in [0.15, 0.2) is 36.5 Å². The van der Waals surface area contributed by atoms with Crippen LogP contribution in [0.2, 0.25) is 0 Å². The molecule has 4 rings (SSSR count). The fourth-order valence-corrected chi connectivity index (χ4v) is 3.19. The Balaban J connectivity index is 1.56. The quantitative estimate of drug-likeness (QED) is 0.748. The van der Waals surface area contributed by atoms with Gasteiger partial charge in [-0.05, 0) is 61.6 Å². The lowest BCUT2D eigenvalue weighted by Gasteiger charge is -2.16. The van der Waals surface area contributed by atoms with Gasteiger partial charge in [0, 0.05) is 6.20 Å². The van der Waals surface area contributed by atoms with Crippen molar-refractivity contribution < 1.29 is 9.47 Å². The number of imidazole rings is 1. The molecule has 0 aliphatic heterocycles. The zero-order valence-corrected chi connectivity index (χ0v) is 14.2. The molecule has 0 spiro atoms. The van der Waals surface area contributed by atoms with Gasteiger partial charge in [-0.3, -0.25) is 0 Å². The Bertz CT molecular complexity index is 862. The van der Waals surface area contributed by atoms with Crippen molar-refractivity contribution in [3.05, 3.63) is 47.9 Å². The Hall–Kier alpha value is -2.82. The van der Waals surface area contributed by atoms with Crippen LogP contribution >= 0.6 is 0 Å². The number of fused-ring (bicyclic) bond motifs is 1. The van der Waals surface area contributed by atoms with Crippen molar-refractivity contribution in [2.75, 3.05) is 7.11 Å². The van der Waals surface area contributed by atoms with Gasteiger partial charge in [0.25, 0.3) is 0 Å². The highest BCUT2D eigenvalue weighted by Crippen LogP contribution is 2.32. The van der Waals surface area contributed by atoms with Crippen LogP contribution in [0.4, 0.5) is 0 Å². The third-order valence-corrected chi connectivity index (χ3v) is 4.49. The summed E-state index contributed by atoms with van der Waals surface area (Å²) in [6, 6.07) is 9.84. The molecule has 0 bridgehead atoms. The Morgan fingerprint density at radius 3 is 2.80 bits per heavy atom. The summed E-state index contributed by atoms with van der Waals surface area (Å²) in [5.74, 6) is 2.36. The van der Waals surface area contributed by atoms with Gasteiger partial charge >= 0.3 is 0 Å². The fraction of sp³-hybridized carbons (Fsp3) is 0.300. The summed E-state index contributed by atoms with van der Waals surface area (Å²) in [5, 5.41) is 0. The van der Waals surface area contributed by atoms with Crippen LogP contribution in [-0.4, -0.2) is 28.2 Å². The summed E-state index contributed by atoms with van der Waals surface area (Å²) in [4.78, 5) is 11.9. The molecule has 25 heavy (non-hydrogen) atoms. The first kappa shape index (κ1) is 15.7. The standard InChI is InChI=1S/C20H21N3O2/c1-24-17-10-8-14(13-18(17)25-15-5-2-3-6-15)9-11-19-22-16-7-4-12-21-20(16)23-19/h4,7-13,15H,2-3,5-6H2,1H3,(H,21,22,23). The number of nitrogens with one attached hydrogen (secondary N) is 1. The zero-order valence-electron chi connectivity index (χ0n) is 14.2. The second-order valence-electron chi connectivity index (χ2n) is 6.26. The Morgan fingerprint density at radius 2 is 2.00 bits per heavy atom. The van der Waals surface area contributed by atoms with E-state index in [0.29, 0.717) is 6.10 Å². The highest BCUT2D eigenvalue weighted by Gasteiger charge is 2.18. The normalized spacial score (nSPS) is 15.2. The zero-order chi connectivity index (χ0) is 17.1. The van der Waals surface area contributed by atoms with E-state index in [1.807, 2.05) is 42.5 Å². The number of pyridine rings is 1. The molecule has 1 aliphatic rings. The van der Waals surface area contributed by atoms with Gasteiger partial charge in [-0.2, -0.15) is 0 Å². The number of benzene rings is 1. The summed E-state index contributed by atoms with van der Waals surface area (Å²) >= 11 is 0. The molecule has 0 atom stereocenters. The van der Waals surface area contributed by atoms with E-state index in [-0.39, 0.29) is 0 Å². The van der Waals surface area contributed by atoms with Crippen molar-refractivity contribution >= 4 is 23.3 Å². The van der Waals surface area contributed by atoms with Crippen LogP contribution in [0.5, 0.6) is 11.5 Å². The molecule has 0 amide bonds. The average Bonchev–Trinajstić information content (AvgIpc) is 3.29. The third kappa shape index (κ3) is 3.50. The Labute approximate surface area is 146 Å². The molecule has 5 nitrogen and oxygen atoms in total. The SMILES string of the molecule is COc1ccc(C=Cc2nc3ncccc3[nH]2)cc1OC1CCCC1. The molecule has 1 saturated carbocycles. The lowest BCUT2D eigenvalue weighted by molar-refractivity contribution is 0.201. The van der Waals surface area contributed by atoms with Crippen LogP contribution in [0.3, 0.4) is 0 Å². The summed E-state index contributed by atoms with van der Waals surface area (Å²) in [6.07, 6.45) is 10.7. The van der Waals surface area contributed by atoms with E-state index in [1.54, 1.807) is 13.3 Å². The second-order valence-corrected chi connectivity index (χ2v) is 6.26. The predicted octanol–water partition coefficient (Wildman–Crippen LogP) is 4.46.